The summed E-state index contributed by atoms with van der Waals surface area (Å²) >= 11 is 0. The minimum Gasteiger partial charge on any atom is -0.458 e. The first-order chi connectivity index (χ1) is 9.36. The lowest BCUT2D eigenvalue weighted by Gasteiger charge is -2.18. The topological polar surface area (TPSA) is 30.2 Å². The highest BCUT2D eigenvalue weighted by molar-refractivity contribution is 6.04. The summed E-state index contributed by atoms with van der Waals surface area (Å²) in [4.78, 5) is 11.9. The molecule has 0 atom stereocenters. The molecule has 2 heteroatoms. The van der Waals surface area contributed by atoms with Crippen LogP contribution >= 0.6 is 0 Å². The molecule has 0 bridgehead atoms. The van der Waals surface area contributed by atoms with Crippen LogP contribution in [0.3, 0.4) is 0 Å². The highest BCUT2D eigenvalue weighted by Gasteiger charge is 2.12. The number of ketones is 1. The Kier molecular flexibility index (Phi) is 3.93. The van der Waals surface area contributed by atoms with Crippen LogP contribution in [-0.2, 0) is 5.41 Å². The zero-order valence-electron chi connectivity index (χ0n) is 12.4. The summed E-state index contributed by atoms with van der Waals surface area (Å²) in [5.41, 5.74) is 2.43. The van der Waals surface area contributed by atoms with Crippen molar-refractivity contribution in [3.8, 4) is 0 Å². The fraction of sp³-hybridized carbons (Fsp3) is 0.278. The van der Waals surface area contributed by atoms with E-state index in [1.807, 2.05) is 25.1 Å². The van der Waals surface area contributed by atoms with Gasteiger partial charge in [0, 0.05) is 0 Å². The lowest BCUT2D eigenvalue weighted by Crippen LogP contribution is -2.10. The van der Waals surface area contributed by atoms with Crippen LogP contribution in [0.2, 0.25) is 0 Å². The van der Waals surface area contributed by atoms with Crippen LogP contribution in [0.25, 0.3) is 6.08 Å². The molecule has 0 N–H and O–H groups in total. The van der Waals surface area contributed by atoms with E-state index in [1.54, 1.807) is 18.2 Å². The van der Waals surface area contributed by atoms with Crippen LogP contribution in [0.1, 0.15) is 48.2 Å². The minimum atomic E-state index is -0.113. The summed E-state index contributed by atoms with van der Waals surface area (Å²) < 4.78 is 5.30. The second kappa shape index (κ2) is 5.49. The smallest absolute Gasteiger partial charge is 0.221 e. The van der Waals surface area contributed by atoms with E-state index in [9.17, 15) is 4.79 Å². The van der Waals surface area contributed by atoms with Crippen molar-refractivity contribution < 1.29 is 9.21 Å². The molecule has 0 radical (unpaired) electrons. The molecule has 0 saturated heterocycles. The van der Waals surface area contributed by atoms with Gasteiger partial charge in [0.1, 0.15) is 5.76 Å². The summed E-state index contributed by atoms with van der Waals surface area (Å²) in [5.74, 6) is 1.01. The fourth-order valence-electron chi connectivity index (χ4n) is 1.92. The lowest BCUT2D eigenvalue weighted by molar-refractivity contribution is 0.102. The first-order valence-corrected chi connectivity index (χ1v) is 6.76. The number of rotatable bonds is 3. The normalized spacial score (nSPS) is 12.0. The van der Waals surface area contributed by atoms with Crippen LogP contribution in [0, 0.1) is 6.92 Å². The number of carbonyl (C=O) groups excluding carboxylic acids is 1. The molecule has 0 amide bonds. The minimum absolute atomic E-state index is 0.113. The maximum Gasteiger partial charge on any atom is 0.221 e. The third-order valence-corrected chi connectivity index (χ3v) is 3.19. The average Bonchev–Trinajstić information content (AvgIpc) is 2.82. The van der Waals surface area contributed by atoms with Crippen molar-refractivity contribution in [3.63, 3.8) is 0 Å². The van der Waals surface area contributed by atoms with E-state index < -0.39 is 0 Å². The van der Waals surface area contributed by atoms with Crippen molar-refractivity contribution in [2.24, 2.45) is 0 Å². The number of aryl methyl sites for hydroxylation is 1. The fourth-order valence-corrected chi connectivity index (χ4v) is 1.92. The van der Waals surface area contributed by atoms with Crippen molar-refractivity contribution >= 4 is 11.9 Å². The summed E-state index contributed by atoms with van der Waals surface area (Å²) in [7, 11) is 0. The Labute approximate surface area is 120 Å². The van der Waals surface area contributed by atoms with E-state index in [-0.39, 0.29) is 11.2 Å². The molecule has 2 aromatic rings. The molecule has 20 heavy (non-hydrogen) atoms. The number of allylic oxidation sites excluding steroid dienone is 1. The zero-order valence-corrected chi connectivity index (χ0v) is 12.4. The molecule has 104 valence electrons. The summed E-state index contributed by atoms with van der Waals surface area (Å²) in [6.07, 6.45) is 3.36. The van der Waals surface area contributed by atoms with Gasteiger partial charge < -0.3 is 4.42 Å². The zero-order chi connectivity index (χ0) is 14.8. The number of carbonyl (C=O) groups is 1. The lowest BCUT2D eigenvalue weighted by atomic mass is 9.87. The maximum absolute atomic E-state index is 11.9. The van der Waals surface area contributed by atoms with Crippen LogP contribution < -0.4 is 0 Å². The Morgan fingerprint density at radius 1 is 1.05 bits per heavy atom. The van der Waals surface area contributed by atoms with Crippen LogP contribution in [-0.4, -0.2) is 5.78 Å². The van der Waals surface area contributed by atoms with Crippen LogP contribution in [0.5, 0.6) is 0 Å². The van der Waals surface area contributed by atoms with E-state index in [2.05, 4.69) is 32.9 Å². The molecule has 0 aliphatic carbocycles. The molecular formula is C18H20O2. The quantitative estimate of drug-likeness (QED) is 0.592. The van der Waals surface area contributed by atoms with Crippen LogP contribution in [0.4, 0.5) is 0 Å². The molecule has 1 aromatic heterocycles. The molecule has 1 aromatic carbocycles. The molecule has 0 unspecified atom stereocenters. The second-order valence-corrected chi connectivity index (χ2v) is 5.98. The van der Waals surface area contributed by atoms with Gasteiger partial charge in [0.15, 0.2) is 5.76 Å². The van der Waals surface area contributed by atoms with E-state index in [0.717, 1.165) is 11.3 Å². The predicted molar refractivity (Wildman–Crippen MR) is 82.0 cm³/mol. The second-order valence-electron chi connectivity index (χ2n) is 5.98. The summed E-state index contributed by atoms with van der Waals surface area (Å²) in [6.45, 7) is 8.37. The molecule has 0 aliphatic rings. The van der Waals surface area contributed by atoms with Crippen molar-refractivity contribution in [1.82, 2.24) is 0 Å². The van der Waals surface area contributed by atoms with Gasteiger partial charge in [-0.3, -0.25) is 4.79 Å². The monoisotopic (exact) mass is 268 g/mol. The van der Waals surface area contributed by atoms with Gasteiger partial charge in [-0.1, -0.05) is 51.1 Å². The van der Waals surface area contributed by atoms with Gasteiger partial charge in [-0.25, -0.2) is 0 Å². The Bertz CT molecular complexity index is 622. The van der Waals surface area contributed by atoms with E-state index in [1.165, 1.54) is 5.56 Å². The van der Waals surface area contributed by atoms with Gasteiger partial charge in [-0.2, -0.15) is 0 Å². The van der Waals surface area contributed by atoms with E-state index in [0.29, 0.717) is 5.76 Å². The molecule has 1 heterocycles. The number of hydrogen-bond donors (Lipinski definition) is 0. The van der Waals surface area contributed by atoms with Gasteiger partial charge in [0.2, 0.25) is 5.78 Å². The van der Waals surface area contributed by atoms with Crippen molar-refractivity contribution in [2.45, 2.75) is 33.1 Å². The highest BCUT2D eigenvalue weighted by Crippen LogP contribution is 2.22. The molecule has 0 spiro atoms. The number of furan rings is 1. The number of benzene rings is 1. The van der Waals surface area contributed by atoms with E-state index in [4.69, 9.17) is 4.42 Å². The Morgan fingerprint density at radius 3 is 2.20 bits per heavy atom. The summed E-state index contributed by atoms with van der Waals surface area (Å²) in [5, 5.41) is 0. The standard InChI is InChI=1S/C18H20O2/c1-13-5-12-17(20-13)16(19)11-8-14-6-9-15(10-7-14)18(2,3)4/h5-12H,1-4H3. The molecular weight excluding hydrogens is 248 g/mol. The van der Waals surface area contributed by atoms with Crippen molar-refractivity contribution in [3.05, 3.63) is 65.1 Å². The predicted octanol–water partition coefficient (Wildman–Crippen LogP) is 4.78. The molecule has 2 rings (SSSR count). The van der Waals surface area contributed by atoms with Crippen molar-refractivity contribution in [1.29, 1.82) is 0 Å². The Hall–Kier alpha value is -2.09. The van der Waals surface area contributed by atoms with Gasteiger partial charge >= 0.3 is 0 Å². The van der Waals surface area contributed by atoms with Crippen LogP contribution in [0.15, 0.2) is 46.9 Å². The van der Waals surface area contributed by atoms with Gasteiger partial charge in [-0.15, -0.1) is 0 Å². The summed E-state index contributed by atoms with van der Waals surface area (Å²) in [6, 6.07) is 11.7. The number of hydrogen-bond acceptors (Lipinski definition) is 2. The van der Waals surface area contributed by atoms with Gasteiger partial charge in [0.25, 0.3) is 0 Å². The third-order valence-electron chi connectivity index (χ3n) is 3.19. The Morgan fingerprint density at radius 2 is 1.70 bits per heavy atom. The molecule has 2 nitrogen and oxygen atoms in total. The van der Waals surface area contributed by atoms with Gasteiger partial charge in [0.05, 0.1) is 0 Å². The van der Waals surface area contributed by atoms with Gasteiger partial charge in [-0.05, 0) is 41.7 Å². The first-order valence-electron chi connectivity index (χ1n) is 6.76. The SMILES string of the molecule is Cc1ccc(C(=O)C=Cc2ccc(C(C)(C)C)cc2)o1. The average molecular weight is 268 g/mol. The largest absolute Gasteiger partial charge is 0.458 e. The van der Waals surface area contributed by atoms with E-state index >= 15 is 0 Å². The molecule has 0 saturated carbocycles. The molecule has 0 aliphatic heterocycles. The first kappa shape index (κ1) is 14.3. The van der Waals surface area contributed by atoms with Crippen molar-refractivity contribution in [2.75, 3.05) is 0 Å². The third kappa shape index (κ3) is 3.47. The molecule has 0 fully saturated rings. The highest BCUT2D eigenvalue weighted by atomic mass is 16.3. The maximum atomic E-state index is 11.9. The Balaban J connectivity index is 2.10.